The molecule has 6 heteroatoms. The molecule has 19 heavy (non-hydrogen) atoms. The zero-order valence-electron chi connectivity index (χ0n) is 10.2. The fourth-order valence-electron chi connectivity index (χ4n) is 1.71. The van der Waals surface area contributed by atoms with Crippen LogP contribution in [0.1, 0.15) is 4.88 Å². The Balaban J connectivity index is 1.68. The average molecular weight is 271 g/mol. The number of rotatable bonds is 4. The minimum atomic E-state index is 0.718. The summed E-state index contributed by atoms with van der Waals surface area (Å²) in [6, 6.07) is 5.86. The second-order valence-corrected chi connectivity index (χ2v) is 5.03. The van der Waals surface area contributed by atoms with Crippen LogP contribution in [0, 0.1) is 0 Å². The second kappa shape index (κ2) is 5.11. The minimum absolute atomic E-state index is 0.718. The molecule has 3 heterocycles. The van der Waals surface area contributed by atoms with Crippen molar-refractivity contribution in [3.05, 3.63) is 53.4 Å². The lowest BCUT2D eigenvalue weighted by Crippen LogP contribution is -2.01. The zero-order chi connectivity index (χ0) is 13.1. The van der Waals surface area contributed by atoms with E-state index in [0.717, 1.165) is 28.6 Å². The Kier molecular flexibility index (Phi) is 3.16. The Hall–Kier alpha value is -2.34. The van der Waals surface area contributed by atoms with Crippen molar-refractivity contribution in [2.75, 3.05) is 11.1 Å². The molecule has 0 fully saturated rings. The molecule has 3 aromatic rings. The van der Waals surface area contributed by atoms with E-state index in [1.54, 1.807) is 30.1 Å². The molecule has 0 aliphatic heterocycles. The molecular weight excluding hydrogens is 258 g/mol. The Labute approximate surface area is 114 Å². The van der Waals surface area contributed by atoms with E-state index in [1.165, 1.54) is 0 Å². The lowest BCUT2D eigenvalue weighted by Gasteiger charge is -2.06. The summed E-state index contributed by atoms with van der Waals surface area (Å²) in [5.41, 5.74) is 7.64. The van der Waals surface area contributed by atoms with Gasteiger partial charge in [0.05, 0.1) is 18.4 Å². The summed E-state index contributed by atoms with van der Waals surface area (Å²) < 4.78 is 1.86. The lowest BCUT2D eigenvalue weighted by molar-refractivity contribution is 0.991. The highest BCUT2D eigenvalue weighted by Crippen LogP contribution is 2.20. The third-order valence-electron chi connectivity index (χ3n) is 2.75. The number of nitrogens with zero attached hydrogens (tertiary/aromatic N) is 3. The minimum Gasteiger partial charge on any atom is -0.398 e. The number of thiophene rings is 1. The summed E-state index contributed by atoms with van der Waals surface area (Å²) in [4.78, 5) is 9.51. The third kappa shape index (κ3) is 2.58. The van der Waals surface area contributed by atoms with Crippen molar-refractivity contribution < 1.29 is 0 Å². The number of hydrogen-bond donors (Lipinski definition) is 2. The molecule has 0 radical (unpaired) electrons. The van der Waals surface area contributed by atoms with Crippen LogP contribution in [-0.4, -0.2) is 14.5 Å². The van der Waals surface area contributed by atoms with Crippen molar-refractivity contribution in [2.24, 2.45) is 0 Å². The van der Waals surface area contributed by atoms with Crippen LogP contribution < -0.4 is 11.1 Å². The van der Waals surface area contributed by atoms with Gasteiger partial charge in [-0.2, -0.15) is 0 Å². The van der Waals surface area contributed by atoms with E-state index in [0.29, 0.717) is 0 Å². The van der Waals surface area contributed by atoms with Crippen LogP contribution in [0.4, 0.5) is 11.4 Å². The normalized spacial score (nSPS) is 10.5. The number of anilines is 2. The average Bonchev–Trinajstić information content (AvgIpc) is 3.09. The van der Waals surface area contributed by atoms with Gasteiger partial charge in [0.1, 0.15) is 12.1 Å². The van der Waals surface area contributed by atoms with Gasteiger partial charge in [0.25, 0.3) is 0 Å². The van der Waals surface area contributed by atoms with Crippen LogP contribution in [0.3, 0.4) is 0 Å². The standard InChI is InChI=1S/C13H13N5S/c14-11-3-6-19-12(11)8-16-10-1-2-13(17-7-10)18-5-4-15-9-18/h1-7,9,16H,8,14H2. The van der Waals surface area contributed by atoms with Gasteiger partial charge in [-0.15, -0.1) is 11.3 Å². The van der Waals surface area contributed by atoms with Gasteiger partial charge < -0.3 is 11.1 Å². The maximum Gasteiger partial charge on any atom is 0.137 e. The zero-order valence-corrected chi connectivity index (χ0v) is 11.0. The van der Waals surface area contributed by atoms with Gasteiger partial charge in [0.2, 0.25) is 0 Å². The fourth-order valence-corrected chi connectivity index (χ4v) is 2.45. The van der Waals surface area contributed by atoms with Crippen LogP contribution >= 0.6 is 11.3 Å². The summed E-state index contributed by atoms with van der Waals surface area (Å²) in [5.74, 6) is 0.846. The lowest BCUT2D eigenvalue weighted by atomic mass is 10.3. The Morgan fingerprint density at radius 3 is 2.89 bits per heavy atom. The molecule has 0 saturated carbocycles. The monoisotopic (exact) mass is 271 g/mol. The van der Waals surface area contributed by atoms with Crippen molar-refractivity contribution in [3.8, 4) is 5.82 Å². The molecule has 0 bridgehead atoms. The number of hydrogen-bond acceptors (Lipinski definition) is 5. The summed E-state index contributed by atoms with van der Waals surface area (Å²) >= 11 is 1.65. The number of nitrogens with two attached hydrogens (primary N) is 1. The SMILES string of the molecule is Nc1ccsc1CNc1ccc(-n2ccnc2)nc1. The van der Waals surface area contributed by atoms with Crippen LogP contribution in [-0.2, 0) is 6.54 Å². The van der Waals surface area contributed by atoms with Crippen molar-refractivity contribution >= 4 is 22.7 Å². The first-order chi connectivity index (χ1) is 9.33. The third-order valence-corrected chi connectivity index (χ3v) is 3.69. The molecule has 96 valence electrons. The number of nitrogens with one attached hydrogen (secondary N) is 1. The Morgan fingerprint density at radius 2 is 2.26 bits per heavy atom. The second-order valence-electron chi connectivity index (χ2n) is 4.03. The predicted octanol–water partition coefficient (Wildman–Crippen LogP) is 2.52. The van der Waals surface area contributed by atoms with Crippen molar-refractivity contribution in [1.82, 2.24) is 14.5 Å². The van der Waals surface area contributed by atoms with E-state index in [2.05, 4.69) is 15.3 Å². The Bertz CT molecular complexity index is 642. The quantitative estimate of drug-likeness (QED) is 0.765. The van der Waals surface area contributed by atoms with E-state index in [9.17, 15) is 0 Å². The topological polar surface area (TPSA) is 68.8 Å². The first-order valence-corrected chi connectivity index (χ1v) is 6.71. The number of imidazole rings is 1. The molecule has 0 aliphatic rings. The Morgan fingerprint density at radius 1 is 1.32 bits per heavy atom. The van der Waals surface area contributed by atoms with E-state index in [-0.39, 0.29) is 0 Å². The molecule has 3 aromatic heterocycles. The van der Waals surface area contributed by atoms with Crippen LogP contribution in [0.15, 0.2) is 48.5 Å². The highest BCUT2D eigenvalue weighted by molar-refractivity contribution is 7.10. The smallest absolute Gasteiger partial charge is 0.137 e. The summed E-state index contributed by atoms with van der Waals surface area (Å²) in [6.45, 7) is 0.718. The van der Waals surface area contributed by atoms with Crippen molar-refractivity contribution in [1.29, 1.82) is 0 Å². The van der Waals surface area contributed by atoms with Crippen molar-refractivity contribution in [2.45, 2.75) is 6.54 Å². The van der Waals surface area contributed by atoms with E-state index in [4.69, 9.17) is 5.73 Å². The maximum atomic E-state index is 5.84. The van der Waals surface area contributed by atoms with E-state index >= 15 is 0 Å². The number of pyridine rings is 1. The summed E-state index contributed by atoms with van der Waals surface area (Å²) in [5, 5.41) is 5.30. The van der Waals surface area contributed by atoms with Gasteiger partial charge in [0, 0.05) is 23.0 Å². The van der Waals surface area contributed by atoms with Crippen LogP contribution in [0.25, 0.3) is 5.82 Å². The fraction of sp³-hybridized carbons (Fsp3) is 0.0769. The molecule has 5 nitrogen and oxygen atoms in total. The molecule has 0 atom stereocenters. The summed E-state index contributed by atoms with van der Waals surface area (Å²) in [6.07, 6.45) is 7.12. The largest absolute Gasteiger partial charge is 0.398 e. The molecule has 0 saturated heterocycles. The summed E-state index contributed by atoms with van der Waals surface area (Å²) in [7, 11) is 0. The van der Waals surface area contributed by atoms with E-state index < -0.39 is 0 Å². The molecule has 0 aromatic carbocycles. The molecule has 3 N–H and O–H groups in total. The number of nitrogen functional groups attached to an aromatic ring is 1. The van der Waals surface area contributed by atoms with Crippen molar-refractivity contribution in [3.63, 3.8) is 0 Å². The first kappa shape index (κ1) is 11.7. The van der Waals surface area contributed by atoms with E-state index in [1.807, 2.05) is 34.3 Å². The van der Waals surface area contributed by atoms with Gasteiger partial charge in [-0.1, -0.05) is 0 Å². The predicted molar refractivity (Wildman–Crippen MR) is 77.4 cm³/mol. The van der Waals surface area contributed by atoms with Gasteiger partial charge >= 0.3 is 0 Å². The molecule has 0 spiro atoms. The van der Waals surface area contributed by atoms with Gasteiger partial charge in [-0.25, -0.2) is 9.97 Å². The highest BCUT2D eigenvalue weighted by Gasteiger charge is 2.01. The highest BCUT2D eigenvalue weighted by atomic mass is 32.1. The molecule has 0 unspecified atom stereocenters. The maximum absolute atomic E-state index is 5.84. The van der Waals surface area contributed by atoms with Gasteiger partial charge in [-0.3, -0.25) is 4.57 Å². The van der Waals surface area contributed by atoms with Crippen LogP contribution in [0.2, 0.25) is 0 Å². The molecule has 3 rings (SSSR count). The molecular formula is C13H13N5S. The number of aromatic nitrogens is 3. The van der Waals surface area contributed by atoms with Crippen LogP contribution in [0.5, 0.6) is 0 Å². The first-order valence-electron chi connectivity index (χ1n) is 5.83. The van der Waals surface area contributed by atoms with Gasteiger partial charge in [0.15, 0.2) is 0 Å². The molecule has 0 aliphatic carbocycles. The molecule has 0 amide bonds. The van der Waals surface area contributed by atoms with Gasteiger partial charge in [-0.05, 0) is 23.6 Å².